The summed E-state index contributed by atoms with van der Waals surface area (Å²) >= 11 is 0. The Morgan fingerprint density at radius 1 is 1.42 bits per heavy atom. The molecular formula is C14H11N3O2. The molecule has 1 aromatic carbocycles. The highest BCUT2D eigenvalue weighted by Gasteiger charge is 2.10. The minimum absolute atomic E-state index is 0.161. The largest absolute Gasteiger partial charge is 0.505 e. The lowest BCUT2D eigenvalue weighted by molar-refractivity contribution is 0.0948. The molecule has 1 aromatic heterocycles. The maximum absolute atomic E-state index is 11.8. The number of nitrogens with one attached hydrogen (secondary N) is 1. The Morgan fingerprint density at radius 2 is 2.26 bits per heavy atom. The lowest BCUT2D eigenvalue weighted by Crippen LogP contribution is -2.22. The van der Waals surface area contributed by atoms with Crippen molar-refractivity contribution in [1.82, 2.24) is 10.3 Å². The third kappa shape index (κ3) is 3.07. The molecule has 94 valence electrons. The van der Waals surface area contributed by atoms with Gasteiger partial charge >= 0.3 is 0 Å². The number of aromatic hydroxyl groups is 1. The molecular weight excluding hydrogens is 242 g/mol. The van der Waals surface area contributed by atoms with Gasteiger partial charge in [-0.25, -0.2) is 0 Å². The van der Waals surface area contributed by atoms with Gasteiger partial charge in [0.05, 0.1) is 23.4 Å². The third-order valence-electron chi connectivity index (χ3n) is 2.55. The summed E-state index contributed by atoms with van der Waals surface area (Å²) in [5.41, 5.74) is 1.53. The van der Waals surface area contributed by atoms with Crippen molar-refractivity contribution in [3.63, 3.8) is 0 Å². The molecule has 2 rings (SSSR count). The molecule has 19 heavy (non-hydrogen) atoms. The van der Waals surface area contributed by atoms with Crippen molar-refractivity contribution < 1.29 is 9.90 Å². The highest BCUT2D eigenvalue weighted by Crippen LogP contribution is 2.13. The summed E-state index contributed by atoms with van der Waals surface area (Å²) < 4.78 is 0. The number of carbonyl (C=O) groups is 1. The minimum atomic E-state index is -0.387. The maximum atomic E-state index is 11.8. The highest BCUT2D eigenvalue weighted by molar-refractivity contribution is 5.96. The molecule has 0 atom stereocenters. The second-order valence-electron chi connectivity index (χ2n) is 3.89. The third-order valence-corrected chi connectivity index (χ3v) is 2.55. The van der Waals surface area contributed by atoms with E-state index in [1.807, 2.05) is 12.1 Å². The van der Waals surface area contributed by atoms with E-state index in [4.69, 9.17) is 5.26 Å². The normalized spacial score (nSPS) is 9.63. The van der Waals surface area contributed by atoms with Crippen LogP contribution in [0.5, 0.6) is 5.75 Å². The van der Waals surface area contributed by atoms with Crippen LogP contribution in [0.4, 0.5) is 0 Å². The summed E-state index contributed by atoms with van der Waals surface area (Å²) in [5, 5.41) is 20.9. The SMILES string of the molecule is N#Cc1cccc(CNC(=O)c2ccncc2O)c1. The molecule has 0 fully saturated rings. The molecule has 5 nitrogen and oxygen atoms in total. The summed E-state index contributed by atoms with van der Waals surface area (Å²) in [6.45, 7) is 0.288. The second-order valence-corrected chi connectivity index (χ2v) is 3.89. The molecule has 0 aliphatic rings. The lowest BCUT2D eigenvalue weighted by Gasteiger charge is -2.06. The number of hydrogen-bond acceptors (Lipinski definition) is 4. The van der Waals surface area contributed by atoms with Gasteiger partial charge in [0.25, 0.3) is 5.91 Å². The fourth-order valence-corrected chi connectivity index (χ4v) is 1.61. The van der Waals surface area contributed by atoms with E-state index in [-0.39, 0.29) is 23.8 Å². The predicted octanol–water partition coefficient (Wildman–Crippen LogP) is 1.59. The van der Waals surface area contributed by atoms with Crippen LogP contribution < -0.4 is 5.32 Å². The molecule has 0 spiro atoms. The Labute approximate surface area is 110 Å². The van der Waals surface area contributed by atoms with Crippen molar-refractivity contribution in [2.75, 3.05) is 0 Å². The number of rotatable bonds is 3. The first-order valence-electron chi connectivity index (χ1n) is 5.61. The molecule has 0 saturated carbocycles. The average Bonchev–Trinajstić information content (AvgIpc) is 2.45. The molecule has 2 N–H and O–H groups in total. The number of pyridine rings is 1. The van der Waals surface area contributed by atoms with E-state index in [1.54, 1.807) is 18.2 Å². The van der Waals surface area contributed by atoms with E-state index >= 15 is 0 Å². The van der Waals surface area contributed by atoms with Gasteiger partial charge in [-0.15, -0.1) is 0 Å². The predicted molar refractivity (Wildman–Crippen MR) is 68.2 cm³/mol. The van der Waals surface area contributed by atoms with Gasteiger partial charge in [-0.2, -0.15) is 5.26 Å². The van der Waals surface area contributed by atoms with Crippen LogP contribution in [0, 0.1) is 11.3 Å². The summed E-state index contributed by atoms with van der Waals surface area (Å²) in [6.07, 6.45) is 2.65. The van der Waals surface area contributed by atoms with Crippen molar-refractivity contribution in [3.8, 4) is 11.8 Å². The monoisotopic (exact) mass is 253 g/mol. The number of nitrogens with zero attached hydrogens (tertiary/aromatic N) is 2. The number of carbonyl (C=O) groups excluding carboxylic acids is 1. The van der Waals surface area contributed by atoms with Gasteiger partial charge in [-0.3, -0.25) is 9.78 Å². The van der Waals surface area contributed by atoms with E-state index in [9.17, 15) is 9.90 Å². The van der Waals surface area contributed by atoms with Crippen LogP contribution in [0.2, 0.25) is 0 Å². The Balaban J connectivity index is 2.05. The van der Waals surface area contributed by atoms with Gasteiger partial charge in [-0.05, 0) is 23.8 Å². The van der Waals surface area contributed by atoms with Crippen molar-refractivity contribution in [1.29, 1.82) is 5.26 Å². The summed E-state index contributed by atoms with van der Waals surface area (Å²) in [7, 11) is 0. The van der Waals surface area contributed by atoms with E-state index in [2.05, 4.69) is 10.3 Å². The number of amides is 1. The van der Waals surface area contributed by atoms with Crippen LogP contribution in [0.3, 0.4) is 0 Å². The average molecular weight is 253 g/mol. The zero-order valence-corrected chi connectivity index (χ0v) is 10.00. The zero-order valence-electron chi connectivity index (χ0n) is 10.00. The van der Waals surface area contributed by atoms with Crippen LogP contribution >= 0.6 is 0 Å². The van der Waals surface area contributed by atoms with Crippen LogP contribution in [-0.2, 0) is 6.54 Å². The van der Waals surface area contributed by atoms with Crippen molar-refractivity contribution in [2.45, 2.75) is 6.54 Å². The summed E-state index contributed by atoms with van der Waals surface area (Å²) in [5.74, 6) is -0.548. The van der Waals surface area contributed by atoms with Crippen LogP contribution in [-0.4, -0.2) is 16.0 Å². The molecule has 0 saturated heterocycles. The Kier molecular flexibility index (Phi) is 3.74. The first-order chi connectivity index (χ1) is 9.20. The highest BCUT2D eigenvalue weighted by atomic mass is 16.3. The van der Waals surface area contributed by atoms with Gasteiger partial charge in [-0.1, -0.05) is 12.1 Å². The molecule has 0 bridgehead atoms. The first kappa shape index (κ1) is 12.6. The van der Waals surface area contributed by atoms with Gasteiger partial charge in [0.2, 0.25) is 0 Å². The standard InChI is InChI=1S/C14H11N3O2/c15-7-10-2-1-3-11(6-10)8-17-14(19)12-4-5-16-9-13(12)18/h1-6,9,18H,8H2,(H,17,19). The molecule has 0 unspecified atom stereocenters. The van der Waals surface area contributed by atoms with Crippen LogP contribution in [0.25, 0.3) is 0 Å². The van der Waals surface area contributed by atoms with E-state index < -0.39 is 0 Å². The molecule has 1 heterocycles. The quantitative estimate of drug-likeness (QED) is 0.869. The van der Waals surface area contributed by atoms with Gasteiger partial charge in [0, 0.05) is 12.7 Å². The molecule has 5 heteroatoms. The number of hydrogen-bond donors (Lipinski definition) is 2. The second kappa shape index (κ2) is 5.65. The van der Waals surface area contributed by atoms with Crippen molar-refractivity contribution in [2.24, 2.45) is 0 Å². The molecule has 1 amide bonds. The number of benzene rings is 1. The summed E-state index contributed by atoms with van der Waals surface area (Å²) in [4.78, 5) is 15.5. The van der Waals surface area contributed by atoms with E-state index in [0.29, 0.717) is 5.56 Å². The molecule has 0 radical (unpaired) electrons. The summed E-state index contributed by atoms with van der Waals surface area (Å²) in [6, 6.07) is 10.4. The number of nitriles is 1. The Hall–Kier alpha value is -2.87. The van der Waals surface area contributed by atoms with Crippen LogP contribution in [0.15, 0.2) is 42.7 Å². The first-order valence-corrected chi connectivity index (χ1v) is 5.61. The zero-order chi connectivity index (χ0) is 13.7. The van der Waals surface area contributed by atoms with Crippen molar-refractivity contribution >= 4 is 5.91 Å². The lowest BCUT2D eigenvalue weighted by atomic mass is 10.1. The smallest absolute Gasteiger partial charge is 0.255 e. The van der Waals surface area contributed by atoms with Crippen LogP contribution in [0.1, 0.15) is 21.5 Å². The van der Waals surface area contributed by atoms with E-state index in [0.717, 1.165) is 5.56 Å². The molecule has 0 aliphatic carbocycles. The van der Waals surface area contributed by atoms with Gasteiger partial charge in [0.1, 0.15) is 5.75 Å². The van der Waals surface area contributed by atoms with E-state index in [1.165, 1.54) is 18.5 Å². The van der Waals surface area contributed by atoms with Gasteiger partial charge < -0.3 is 10.4 Å². The Morgan fingerprint density at radius 3 is 3.00 bits per heavy atom. The fourth-order valence-electron chi connectivity index (χ4n) is 1.61. The molecule has 2 aromatic rings. The topological polar surface area (TPSA) is 86.0 Å². The minimum Gasteiger partial charge on any atom is -0.505 e. The number of aromatic nitrogens is 1. The molecule has 0 aliphatic heterocycles. The van der Waals surface area contributed by atoms with Crippen molar-refractivity contribution in [3.05, 3.63) is 59.4 Å². The Bertz CT molecular complexity index is 647. The maximum Gasteiger partial charge on any atom is 0.255 e. The fraction of sp³-hybridized carbons (Fsp3) is 0.0714. The van der Waals surface area contributed by atoms with Gasteiger partial charge in [0.15, 0.2) is 0 Å².